The zero-order valence-corrected chi connectivity index (χ0v) is 11.9. The standard InChI is InChI=1S/C4H10NO5Si4/c1-3-5(4-2)6-14-9-12-7-11-8-13-10-14/h3-4H2,1-2H3. The van der Waals surface area contributed by atoms with Crippen LogP contribution in [-0.4, -0.2) is 57.7 Å². The first-order valence-electron chi connectivity index (χ1n) is 4.07. The van der Waals surface area contributed by atoms with Gasteiger partial charge in [-0.3, -0.25) is 4.53 Å². The van der Waals surface area contributed by atoms with Gasteiger partial charge >= 0.3 is 39.5 Å². The van der Waals surface area contributed by atoms with Gasteiger partial charge < -0.3 is 16.5 Å². The van der Waals surface area contributed by atoms with Crippen LogP contribution in [0.15, 0.2) is 0 Å². The van der Waals surface area contributed by atoms with Crippen LogP contribution in [0.5, 0.6) is 0 Å². The van der Waals surface area contributed by atoms with Crippen LogP contribution in [0.3, 0.4) is 0 Å². The first-order chi connectivity index (χ1) is 6.86. The summed E-state index contributed by atoms with van der Waals surface area (Å²) >= 11 is 0. The van der Waals surface area contributed by atoms with Crippen molar-refractivity contribution in [2.24, 2.45) is 0 Å². The monoisotopic (exact) mass is 264 g/mol. The van der Waals surface area contributed by atoms with Gasteiger partial charge in [-0.1, -0.05) is 13.8 Å². The van der Waals surface area contributed by atoms with Crippen LogP contribution >= 0.6 is 0 Å². The Morgan fingerprint density at radius 3 is 2.14 bits per heavy atom. The van der Waals surface area contributed by atoms with Crippen LogP contribution in [0, 0.1) is 0 Å². The van der Waals surface area contributed by atoms with Crippen LogP contribution in [-0.2, 0) is 21.0 Å². The van der Waals surface area contributed by atoms with E-state index in [9.17, 15) is 0 Å². The van der Waals surface area contributed by atoms with Crippen molar-refractivity contribution in [3.8, 4) is 0 Å². The van der Waals surface area contributed by atoms with Crippen molar-refractivity contribution in [3.63, 3.8) is 0 Å². The Balaban J connectivity index is 2.25. The second-order valence-electron chi connectivity index (χ2n) is 2.11. The van der Waals surface area contributed by atoms with E-state index in [1.165, 1.54) is 0 Å². The lowest BCUT2D eigenvalue weighted by Crippen LogP contribution is -2.41. The molecule has 0 spiro atoms. The molecule has 0 aromatic heterocycles. The molecule has 10 heteroatoms. The highest BCUT2D eigenvalue weighted by Gasteiger charge is 2.26. The highest BCUT2D eigenvalue weighted by molar-refractivity contribution is 6.56. The summed E-state index contributed by atoms with van der Waals surface area (Å²) in [7, 11) is -1.86. The number of hydrogen-bond donors (Lipinski definition) is 0. The van der Waals surface area contributed by atoms with Crippen LogP contribution < -0.4 is 0 Å². The van der Waals surface area contributed by atoms with Crippen molar-refractivity contribution < 1.29 is 21.0 Å². The topological polar surface area (TPSA) is 49.4 Å². The van der Waals surface area contributed by atoms with E-state index in [0.717, 1.165) is 13.1 Å². The van der Waals surface area contributed by atoms with Crippen molar-refractivity contribution in [2.45, 2.75) is 13.8 Å². The predicted octanol–water partition coefficient (Wildman–Crippen LogP) is -1.07. The summed E-state index contributed by atoms with van der Waals surface area (Å²) in [5, 5.41) is 1.78. The first-order valence-corrected chi connectivity index (χ1v) is 7.74. The van der Waals surface area contributed by atoms with E-state index >= 15 is 0 Å². The van der Waals surface area contributed by atoms with E-state index in [0.29, 0.717) is 0 Å². The van der Waals surface area contributed by atoms with Gasteiger partial charge in [0.1, 0.15) is 0 Å². The number of hydroxylamine groups is 2. The summed E-state index contributed by atoms with van der Waals surface area (Å²) in [6, 6.07) is 0. The van der Waals surface area contributed by atoms with E-state index in [-0.39, 0.29) is 30.0 Å². The fraction of sp³-hybridized carbons (Fsp3) is 1.00. The zero-order chi connectivity index (χ0) is 10.2. The number of nitrogens with zero attached hydrogens (tertiary/aromatic N) is 1. The van der Waals surface area contributed by atoms with E-state index in [1.807, 2.05) is 13.8 Å². The Labute approximate surface area is 92.9 Å². The molecule has 7 radical (unpaired) electrons. The summed E-state index contributed by atoms with van der Waals surface area (Å²) in [5.41, 5.74) is 0. The molecule has 1 rings (SSSR count). The average molecular weight is 264 g/mol. The van der Waals surface area contributed by atoms with Gasteiger partial charge in [0.25, 0.3) is 0 Å². The summed E-state index contributed by atoms with van der Waals surface area (Å²) in [6.07, 6.45) is 0. The highest BCUT2D eigenvalue weighted by atomic mass is 28.4. The highest BCUT2D eigenvalue weighted by Crippen LogP contribution is 1.98. The molecule has 0 aromatic rings. The Hall–Kier alpha value is 0.628. The Morgan fingerprint density at radius 1 is 1.07 bits per heavy atom. The van der Waals surface area contributed by atoms with E-state index in [1.54, 1.807) is 5.06 Å². The van der Waals surface area contributed by atoms with E-state index in [2.05, 4.69) is 0 Å². The molecule has 1 heterocycles. The van der Waals surface area contributed by atoms with Gasteiger partial charge in [-0.15, -0.1) is 0 Å². The molecule has 6 nitrogen and oxygen atoms in total. The third-order valence-electron chi connectivity index (χ3n) is 1.33. The molecule has 1 saturated heterocycles. The molecule has 0 bridgehead atoms. The maximum atomic E-state index is 5.47. The third kappa shape index (κ3) is 4.92. The molecular weight excluding hydrogens is 254 g/mol. The minimum Gasteiger partial charge on any atom is -0.412 e. The van der Waals surface area contributed by atoms with Crippen LogP contribution in [0.1, 0.15) is 13.8 Å². The van der Waals surface area contributed by atoms with Gasteiger partial charge in [-0.2, -0.15) is 5.06 Å². The Kier molecular flexibility index (Phi) is 7.13. The van der Waals surface area contributed by atoms with Crippen molar-refractivity contribution in [3.05, 3.63) is 0 Å². The van der Waals surface area contributed by atoms with Crippen molar-refractivity contribution in [1.29, 1.82) is 0 Å². The lowest BCUT2D eigenvalue weighted by atomic mass is 10.6. The summed E-state index contributed by atoms with van der Waals surface area (Å²) in [6.45, 7) is 5.61. The lowest BCUT2D eigenvalue weighted by molar-refractivity contribution is -0.0837. The van der Waals surface area contributed by atoms with Crippen LogP contribution in [0.2, 0.25) is 0 Å². The molecule has 1 aliphatic rings. The van der Waals surface area contributed by atoms with Crippen LogP contribution in [0.25, 0.3) is 0 Å². The summed E-state index contributed by atoms with van der Waals surface area (Å²) in [5.74, 6) is 0. The van der Waals surface area contributed by atoms with E-state index < -0.39 is 9.53 Å². The second-order valence-corrected chi connectivity index (χ2v) is 6.56. The molecule has 0 unspecified atom stereocenters. The number of rotatable bonds is 4. The van der Waals surface area contributed by atoms with Gasteiger partial charge in [0.15, 0.2) is 0 Å². The minimum absolute atomic E-state index is 0.00171. The number of hydrogen-bond acceptors (Lipinski definition) is 6. The molecular formula is C4H10NO5Si4. The predicted molar refractivity (Wildman–Crippen MR) is 51.4 cm³/mol. The molecule has 0 saturated carbocycles. The first kappa shape index (κ1) is 12.7. The largest absolute Gasteiger partial charge is 0.576 e. The molecule has 0 aromatic carbocycles. The van der Waals surface area contributed by atoms with Crippen molar-refractivity contribution in [2.75, 3.05) is 13.1 Å². The molecule has 0 aliphatic carbocycles. The normalized spacial score (nSPS) is 20.8. The van der Waals surface area contributed by atoms with Crippen molar-refractivity contribution >= 4 is 39.5 Å². The van der Waals surface area contributed by atoms with Gasteiger partial charge in [0.2, 0.25) is 0 Å². The van der Waals surface area contributed by atoms with Gasteiger partial charge in [-0.05, 0) is 0 Å². The third-order valence-corrected chi connectivity index (χ3v) is 5.07. The van der Waals surface area contributed by atoms with Gasteiger partial charge in [0.05, 0.1) is 0 Å². The minimum atomic E-state index is -1.72. The smallest absolute Gasteiger partial charge is 0.412 e. The maximum Gasteiger partial charge on any atom is 0.576 e. The summed E-state index contributed by atoms with van der Waals surface area (Å²) < 4.78 is 26.1. The van der Waals surface area contributed by atoms with Gasteiger partial charge in [-0.25, -0.2) is 0 Å². The molecule has 1 aliphatic heterocycles. The summed E-state index contributed by atoms with van der Waals surface area (Å²) in [4.78, 5) is 0. The average Bonchev–Trinajstić information content (AvgIpc) is 2.16. The lowest BCUT2D eigenvalue weighted by Gasteiger charge is -2.22. The van der Waals surface area contributed by atoms with Crippen molar-refractivity contribution in [1.82, 2.24) is 5.06 Å². The molecule has 0 atom stereocenters. The molecule has 0 amide bonds. The molecule has 77 valence electrons. The van der Waals surface area contributed by atoms with Gasteiger partial charge in [0, 0.05) is 13.1 Å². The molecule has 14 heavy (non-hydrogen) atoms. The van der Waals surface area contributed by atoms with Crippen LogP contribution in [0.4, 0.5) is 0 Å². The second kappa shape index (κ2) is 7.86. The fourth-order valence-electron chi connectivity index (χ4n) is 0.681. The molecule has 1 fully saturated rings. The SMILES string of the molecule is CCN(CC)O[Si]1O[Si]O[Si]O[Si]O1. The fourth-order valence-corrected chi connectivity index (χ4v) is 4.43. The quantitative estimate of drug-likeness (QED) is 0.476. The zero-order valence-electron chi connectivity index (χ0n) is 7.90. The Morgan fingerprint density at radius 2 is 1.64 bits per heavy atom. The van der Waals surface area contributed by atoms with E-state index in [4.69, 9.17) is 21.0 Å². The maximum absolute atomic E-state index is 5.47. The molecule has 0 N–H and O–H groups in total. The Bertz CT molecular complexity index is 142.